The Labute approximate surface area is 183 Å². The maximum Gasteiger partial charge on any atom is 0.412 e. The summed E-state index contributed by atoms with van der Waals surface area (Å²) in [7, 11) is 0. The SMILES string of the molecule is Nc1cc(C2CCCC2)nn1CC(=O)N1CC[C@@]2(C1)OC(=O)Nc1ccc(Cl)c(F)c12. The van der Waals surface area contributed by atoms with Crippen LogP contribution in [-0.2, 0) is 21.7 Å². The number of hydrogen-bond donors (Lipinski definition) is 2. The molecule has 31 heavy (non-hydrogen) atoms. The lowest BCUT2D eigenvalue weighted by atomic mass is 9.89. The fourth-order valence-electron chi connectivity index (χ4n) is 4.97. The molecule has 1 aliphatic carbocycles. The van der Waals surface area contributed by atoms with Gasteiger partial charge in [-0.2, -0.15) is 5.10 Å². The fraction of sp³-hybridized carbons (Fsp3) is 0.476. The molecule has 8 nitrogen and oxygen atoms in total. The molecule has 0 bridgehead atoms. The number of hydrogen-bond acceptors (Lipinski definition) is 5. The Balaban J connectivity index is 1.36. The van der Waals surface area contributed by atoms with E-state index in [1.54, 1.807) is 11.0 Å². The van der Waals surface area contributed by atoms with Crippen molar-refractivity contribution < 1.29 is 18.7 Å². The van der Waals surface area contributed by atoms with E-state index in [1.807, 2.05) is 6.07 Å². The lowest BCUT2D eigenvalue weighted by Crippen LogP contribution is -2.44. The standard InChI is InChI=1S/C21H23ClFN5O3/c22-13-5-6-14-18(19(13)23)21(31-20(30)25-14)7-8-27(11-21)17(29)10-28-16(24)9-15(26-28)12-3-1-2-4-12/h5-6,9,12H,1-4,7-8,10-11,24H2,(H,25,30)/t21-/m0/s1. The summed E-state index contributed by atoms with van der Waals surface area (Å²) in [5.74, 6) is -0.0260. The van der Waals surface area contributed by atoms with Crippen molar-refractivity contribution >= 4 is 35.1 Å². The van der Waals surface area contributed by atoms with Crippen molar-refractivity contribution in [3.8, 4) is 0 Å². The number of likely N-dealkylation sites (tertiary alicyclic amines) is 1. The van der Waals surface area contributed by atoms with E-state index in [0.717, 1.165) is 18.5 Å². The van der Waals surface area contributed by atoms with Crippen molar-refractivity contribution in [3.63, 3.8) is 0 Å². The Morgan fingerprint density at radius 1 is 1.39 bits per heavy atom. The van der Waals surface area contributed by atoms with Crippen LogP contribution in [0.25, 0.3) is 0 Å². The predicted molar refractivity (Wildman–Crippen MR) is 112 cm³/mol. The number of nitrogen functional groups attached to an aromatic ring is 1. The van der Waals surface area contributed by atoms with Crippen LogP contribution in [0.4, 0.5) is 20.7 Å². The molecule has 1 saturated carbocycles. The molecule has 0 unspecified atom stereocenters. The molecule has 5 rings (SSSR count). The molecule has 1 aromatic carbocycles. The lowest BCUT2D eigenvalue weighted by Gasteiger charge is -2.35. The second kappa shape index (κ2) is 7.40. The number of fused-ring (bicyclic) bond motifs is 2. The Morgan fingerprint density at radius 3 is 2.94 bits per heavy atom. The first-order valence-electron chi connectivity index (χ1n) is 10.5. The number of amides is 2. The normalized spacial score (nSPS) is 23.2. The second-order valence-corrected chi connectivity index (χ2v) is 8.90. The van der Waals surface area contributed by atoms with E-state index in [-0.39, 0.29) is 36.0 Å². The number of nitrogens with one attached hydrogen (secondary N) is 1. The van der Waals surface area contributed by atoms with Crippen LogP contribution in [0.1, 0.15) is 49.3 Å². The molecular weight excluding hydrogens is 425 g/mol. The van der Waals surface area contributed by atoms with Gasteiger partial charge in [-0.15, -0.1) is 0 Å². The molecule has 164 valence electrons. The van der Waals surface area contributed by atoms with E-state index in [9.17, 15) is 14.0 Å². The number of aromatic nitrogens is 2. The third-order valence-corrected chi connectivity index (χ3v) is 6.84. The fourth-order valence-corrected chi connectivity index (χ4v) is 5.13. The van der Waals surface area contributed by atoms with E-state index >= 15 is 0 Å². The Hall–Kier alpha value is -2.81. The van der Waals surface area contributed by atoms with Gasteiger partial charge < -0.3 is 15.4 Å². The molecule has 1 aromatic heterocycles. The van der Waals surface area contributed by atoms with Gasteiger partial charge >= 0.3 is 6.09 Å². The molecule has 1 saturated heterocycles. The zero-order valence-electron chi connectivity index (χ0n) is 16.9. The van der Waals surface area contributed by atoms with Crippen molar-refractivity contribution in [2.24, 2.45) is 0 Å². The first kappa shape index (κ1) is 20.1. The van der Waals surface area contributed by atoms with Gasteiger partial charge in [0.25, 0.3) is 0 Å². The molecule has 0 radical (unpaired) electrons. The number of rotatable bonds is 3. The van der Waals surface area contributed by atoms with Gasteiger partial charge in [0, 0.05) is 24.9 Å². The third-order valence-electron chi connectivity index (χ3n) is 6.55. The van der Waals surface area contributed by atoms with Crippen molar-refractivity contribution in [1.82, 2.24) is 14.7 Å². The average molecular weight is 448 g/mol. The third kappa shape index (κ3) is 3.40. The molecule has 2 fully saturated rings. The van der Waals surface area contributed by atoms with Crippen LogP contribution < -0.4 is 11.1 Å². The quantitative estimate of drug-likeness (QED) is 0.748. The number of nitrogens with zero attached hydrogens (tertiary/aromatic N) is 3. The van der Waals surface area contributed by atoms with Gasteiger partial charge in [0.1, 0.15) is 12.4 Å². The predicted octanol–water partition coefficient (Wildman–Crippen LogP) is 3.61. The minimum absolute atomic E-state index is 0.0221. The van der Waals surface area contributed by atoms with E-state index in [0.29, 0.717) is 24.0 Å². The van der Waals surface area contributed by atoms with E-state index in [2.05, 4.69) is 10.4 Å². The molecule has 10 heteroatoms. The summed E-state index contributed by atoms with van der Waals surface area (Å²) in [6, 6.07) is 4.77. The number of anilines is 2. The smallest absolute Gasteiger partial charge is 0.412 e. The van der Waals surface area contributed by atoms with Gasteiger partial charge in [-0.1, -0.05) is 24.4 Å². The summed E-state index contributed by atoms with van der Waals surface area (Å²) in [4.78, 5) is 26.7. The Morgan fingerprint density at radius 2 is 2.16 bits per heavy atom. The zero-order chi connectivity index (χ0) is 21.8. The van der Waals surface area contributed by atoms with E-state index in [1.165, 1.54) is 23.6 Å². The first-order valence-corrected chi connectivity index (χ1v) is 10.8. The van der Waals surface area contributed by atoms with E-state index in [4.69, 9.17) is 22.1 Å². The Kier molecular flexibility index (Phi) is 4.80. The lowest BCUT2D eigenvalue weighted by molar-refractivity contribution is -0.132. The van der Waals surface area contributed by atoms with Gasteiger partial charge in [-0.25, -0.2) is 13.9 Å². The molecule has 2 aromatic rings. The zero-order valence-corrected chi connectivity index (χ0v) is 17.6. The summed E-state index contributed by atoms with van der Waals surface area (Å²) in [5, 5.41) is 6.99. The highest BCUT2D eigenvalue weighted by Gasteiger charge is 2.50. The molecule has 2 amide bonds. The number of benzene rings is 1. The summed E-state index contributed by atoms with van der Waals surface area (Å²) in [5.41, 5.74) is 6.24. The van der Waals surface area contributed by atoms with Crippen LogP contribution in [0.15, 0.2) is 18.2 Å². The molecular formula is C21H23ClFN5O3. The average Bonchev–Trinajstić information content (AvgIpc) is 3.46. The molecule has 1 atom stereocenters. The van der Waals surface area contributed by atoms with E-state index < -0.39 is 17.5 Å². The number of ether oxygens (including phenoxy) is 1. The molecule has 1 spiro atoms. The van der Waals surface area contributed by atoms with Crippen LogP contribution in [0.5, 0.6) is 0 Å². The van der Waals surface area contributed by atoms with Crippen LogP contribution in [0.3, 0.4) is 0 Å². The van der Waals surface area contributed by atoms with Crippen molar-refractivity contribution in [1.29, 1.82) is 0 Å². The highest BCUT2D eigenvalue weighted by atomic mass is 35.5. The van der Waals surface area contributed by atoms with Crippen LogP contribution in [0, 0.1) is 5.82 Å². The highest BCUT2D eigenvalue weighted by molar-refractivity contribution is 6.31. The van der Waals surface area contributed by atoms with Gasteiger partial charge in [-0.05, 0) is 25.0 Å². The van der Waals surface area contributed by atoms with Crippen molar-refractivity contribution in [2.75, 3.05) is 24.1 Å². The van der Waals surface area contributed by atoms with Crippen molar-refractivity contribution in [2.45, 2.75) is 50.2 Å². The summed E-state index contributed by atoms with van der Waals surface area (Å²) in [6.45, 7) is 0.333. The molecule has 3 heterocycles. The van der Waals surface area contributed by atoms with Gasteiger partial charge in [-0.3, -0.25) is 10.1 Å². The number of nitrogens with two attached hydrogens (primary N) is 1. The summed E-state index contributed by atoms with van der Waals surface area (Å²) >= 11 is 5.97. The number of carbonyl (C=O) groups excluding carboxylic acids is 2. The van der Waals surface area contributed by atoms with Crippen molar-refractivity contribution in [3.05, 3.63) is 40.3 Å². The molecule has 2 aliphatic heterocycles. The van der Waals surface area contributed by atoms with Gasteiger partial charge in [0.15, 0.2) is 11.4 Å². The van der Waals surface area contributed by atoms with Crippen LogP contribution in [0.2, 0.25) is 5.02 Å². The number of carbonyl (C=O) groups is 2. The maximum absolute atomic E-state index is 14.9. The number of halogens is 2. The summed E-state index contributed by atoms with van der Waals surface area (Å²) < 4.78 is 21.9. The second-order valence-electron chi connectivity index (χ2n) is 8.49. The van der Waals surface area contributed by atoms with Crippen LogP contribution >= 0.6 is 11.6 Å². The monoisotopic (exact) mass is 447 g/mol. The molecule has 3 N–H and O–H groups in total. The minimum Gasteiger partial charge on any atom is -0.436 e. The van der Waals surface area contributed by atoms with Crippen LogP contribution in [-0.4, -0.2) is 39.8 Å². The minimum atomic E-state index is -1.27. The van der Waals surface area contributed by atoms with Gasteiger partial charge in [0.2, 0.25) is 5.91 Å². The largest absolute Gasteiger partial charge is 0.436 e. The summed E-state index contributed by atoms with van der Waals surface area (Å²) in [6.07, 6.45) is 4.14. The Bertz CT molecular complexity index is 1070. The molecule has 3 aliphatic rings. The maximum atomic E-state index is 14.9. The first-order chi connectivity index (χ1) is 14.9. The highest BCUT2D eigenvalue weighted by Crippen LogP contribution is 2.45. The topological polar surface area (TPSA) is 102 Å². The van der Waals surface area contributed by atoms with Gasteiger partial charge in [0.05, 0.1) is 28.5 Å².